The van der Waals surface area contributed by atoms with Crippen LogP contribution in [0.4, 0.5) is 0 Å². The lowest BCUT2D eigenvalue weighted by Gasteiger charge is -2.27. The highest BCUT2D eigenvalue weighted by Gasteiger charge is 2.23. The van der Waals surface area contributed by atoms with Crippen LogP contribution in [0.15, 0.2) is 0 Å². The van der Waals surface area contributed by atoms with E-state index in [1.54, 1.807) is 56.1 Å². The Morgan fingerprint density at radius 2 is 0.377 bits per heavy atom. The van der Waals surface area contributed by atoms with Crippen molar-refractivity contribution in [3.05, 3.63) is 0 Å². The van der Waals surface area contributed by atoms with E-state index in [4.69, 9.17) is 56.8 Å². The van der Waals surface area contributed by atoms with Crippen LogP contribution >= 0.6 is 35.3 Å². The normalized spacial score (nSPS) is 12.9. The maximum Gasteiger partial charge on any atom is 0.309 e. The molecule has 0 aliphatic carbocycles. The van der Waals surface area contributed by atoms with Crippen molar-refractivity contribution in [2.45, 2.75) is 282 Å². The minimum atomic E-state index is -0.523. The third-order valence-corrected chi connectivity index (χ3v) is 24.7. The molecule has 0 aromatic carbocycles. The highest BCUT2D eigenvalue weighted by Crippen LogP contribution is 2.19. The smallest absolute Gasteiger partial charge is 0.309 e. The van der Waals surface area contributed by atoms with Crippen LogP contribution in [0.25, 0.3) is 0 Å². The average Bonchev–Trinajstić information content (AvgIpc) is 0.939. The summed E-state index contributed by atoms with van der Waals surface area (Å²) in [5.41, 5.74) is 0. The largest absolute Gasteiger partial charge is 0.462 e. The number of ether oxygens (including phenoxy) is 12. The first kappa shape index (κ1) is 117. The summed E-state index contributed by atoms with van der Waals surface area (Å²) in [6.07, 6.45) is 25.6. The van der Waals surface area contributed by atoms with Crippen LogP contribution in [-0.4, -0.2) is 284 Å². The molecule has 0 N–H and O–H groups in total. The Morgan fingerprint density at radius 3 is 0.582 bits per heavy atom. The topological polar surface area (TPSA) is 329 Å². The van der Waals surface area contributed by atoms with Crippen LogP contribution < -0.4 is 0 Å². The number of carbonyl (C=O) groups excluding carboxylic acids is 12. The van der Waals surface area contributed by atoms with Gasteiger partial charge in [0, 0.05) is 56.5 Å². The van der Waals surface area contributed by atoms with E-state index < -0.39 is 35.8 Å². The molecule has 0 aromatic heterocycles. The van der Waals surface area contributed by atoms with Crippen molar-refractivity contribution in [2.75, 3.05) is 192 Å². The van der Waals surface area contributed by atoms with E-state index in [2.05, 4.69) is 30.6 Å². The van der Waals surface area contributed by atoms with Crippen molar-refractivity contribution in [1.29, 1.82) is 0 Å². The molecule has 0 radical (unpaired) electrons. The van der Waals surface area contributed by atoms with Crippen molar-refractivity contribution >= 4 is 107 Å². The molecule has 0 saturated heterocycles. The monoisotopic (exact) mass is 1790 g/mol. The summed E-state index contributed by atoms with van der Waals surface area (Å²) in [5, 5.41) is 0. The van der Waals surface area contributed by atoms with Gasteiger partial charge in [-0.25, -0.2) is 0 Å². The lowest BCUT2D eigenvalue weighted by atomic mass is 10.1. The molecule has 31 heteroatoms. The molecule has 0 heterocycles. The van der Waals surface area contributed by atoms with Crippen LogP contribution in [0.3, 0.4) is 0 Å². The number of rotatable bonds is 85. The number of unbranched alkanes of at least 4 members (excludes halogenated alkanes) is 16. The summed E-state index contributed by atoms with van der Waals surface area (Å²) in [4.78, 5) is 163. The average molecular weight is 1790 g/mol. The number of esters is 12. The molecule has 0 aliphatic rings. The summed E-state index contributed by atoms with van der Waals surface area (Å²) in [6.45, 7) is 26.0. The van der Waals surface area contributed by atoms with Crippen LogP contribution in [0.2, 0.25) is 0 Å². The van der Waals surface area contributed by atoms with Gasteiger partial charge < -0.3 is 76.4 Å². The second-order valence-electron chi connectivity index (χ2n) is 31.8. The van der Waals surface area contributed by atoms with Gasteiger partial charge in [0.05, 0.1) is 74.0 Å². The third-order valence-electron chi connectivity index (χ3n) is 20.7. The molecule has 0 rings (SSSR count). The van der Waals surface area contributed by atoms with E-state index in [1.165, 1.54) is 96.3 Å². The number of nitrogens with zero attached hydrogens (tertiary/aromatic N) is 4. The summed E-state index contributed by atoms with van der Waals surface area (Å²) in [7, 11) is 0. The van der Waals surface area contributed by atoms with E-state index in [0.29, 0.717) is 115 Å². The maximum atomic E-state index is 13.5. The molecular weight excluding hydrogens is 1630 g/mol. The maximum absolute atomic E-state index is 13.5. The van der Waals surface area contributed by atoms with Gasteiger partial charge in [0.1, 0.15) is 79.3 Å². The third kappa shape index (κ3) is 69.7. The molecule has 28 nitrogen and oxygen atoms in total. The summed E-state index contributed by atoms with van der Waals surface area (Å²) < 4.78 is 65.3. The molecule has 0 amide bonds. The molecule has 0 fully saturated rings. The molecule has 0 saturated carbocycles. The number of carbonyl (C=O) groups is 12. The van der Waals surface area contributed by atoms with Crippen LogP contribution in [0.1, 0.15) is 282 Å². The van der Waals surface area contributed by atoms with Gasteiger partial charge in [0.15, 0.2) is 0 Å². The first-order valence-corrected chi connectivity index (χ1v) is 49.9. The highest BCUT2D eigenvalue weighted by molar-refractivity contribution is 7.99. The van der Waals surface area contributed by atoms with E-state index in [0.717, 1.165) is 36.5 Å². The Bertz CT molecular complexity index is 2740. The first-order valence-electron chi connectivity index (χ1n) is 46.4. The number of hydrogen-bond acceptors (Lipinski definition) is 31. The van der Waals surface area contributed by atoms with Gasteiger partial charge in [-0.1, -0.05) is 179 Å². The fraction of sp³-hybridized carbons (Fsp3) is 0.868. The van der Waals surface area contributed by atoms with Crippen molar-refractivity contribution in [1.82, 2.24) is 19.6 Å². The Hall–Kier alpha value is -5.47. The minimum Gasteiger partial charge on any atom is -0.462 e. The van der Waals surface area contributed by atoms with Gasteiger partial charge in [-0.2, -0.15) is 35.3 Å². The summed E-state index contributed by atoms with van der Waals surface area (Å²) in [5.74, 6) is -2.25. The summed E-state index contributed by atoms with van der Waals surface area (Å²) >= 11 is 5.20. The van der Waals surface area contributed by atoms with E-state index in [1.807, 2.05) is 51.3 Å². The zero-order chi connectivity index (χ0) is 90.4. The molecule has 122 heavy (non-hydrogen) atoms. The Balaban J connectivity index is 6.73. The minimum absolute atomic E-state index is 0.0119. The zero-order valence-corrected chi connectivity index (χ0v) is 79.9. The van der Waals surface area contributed by atoms with Crippen molar-refractivity contribution in [3.63, 3.8) is 0 Å². The van der Waals surface area contributed by atoms with Crippen LogP contribution in [0.5, 0.6) is 0 Å². The van der Waals surface area contributed by atoms with Crippen molar-refractivity contribution < 1.29 is 114 Å². The van der Waals surface area contributed by atoms with Gasteiger partial charge in [-0.05, 0) is 121 Å². The molecule has 710 valence electrons. The van der Waals surface area contributed by atoms with E-state index in [-0.39, 0.29) is 215 Å². The van der Waals surface area contributed by atoms with E-state index >= 15 is 0 Å². The lowest BCUT2D eigenvalue weighted by molar-refractivity contribution is -0.155. The fourth-order valence-corrected chi connectivity index (χ4v) is 15.2. The Labute approximate surface area is 746 Å². The highest BCUT2D eigenvalue weighted by atomic mass is 32.2. The fourth-order valence-electron chi connectivity index (χ4n) is 12.1. The van der Waals surface area contributed by atoms with Gasteiger partial charge in [0.25, 0.3) is 0 Å². The molecule has 6 atom stereocenters. The molecule has 0 aliphatic heterocycles. The Kier molecular flexibility index (Phi) is 77.7. The van der Waals surface area contributed by atoms with Crippen molar-refractivity contribution in [2.24, 2.45) is 35.5 Å². The Morgan fingerprint density at radius 1 is 0.205 bits per heavy atom. The zero-order valence-electron chi connectivity index (χ0n) is 77.4. The lowest BCUT2D eigenvalue weighted by Crippen LogP contribution is -2.36. The molecule has 0 aromatic rings. The molecular formula is C91H164N4O24S3. The first-order chi connectivity index (χ1) is 58.8. The number of thioether (sulfide) groups is 3. The quantitative estimate of drug-likeness (QED) is 0.0310. The molecule has 0 bridgehead atoms. The SMILES string of the molecule is CCCCCCCCSCC(C)C(=O)OCCOC(=O)CCN(CCCCN(CCCN(CCC(=O)OCCOC(=O)C(C)CC)CCC(=O)OCCOC(=O)C(C)CSCCCCCCCC)CCC(=O)OCCOC(=O)C(C)CC)CCCN(CCC(=O)OCCOC(=O)C(C)CC)CCC(=O)OCCOC(=O)C(C)CSCCCCCCCC. The van der Waals surface area contributed by atoms with Gasteiger partial charge in [-0.15, -0.1) is 0 Å². The predicted molar refractivity (Wildman–Crippen MR) is 481 cm³/mol. The second kappa shape index (κ2) is 81.3. The van der Waals surface area contributed by atoms with Gasteiger partial charge in [0.2, 0.25) is 0 Å². The van der Waals surface area contributed by atoms with Gasteiger partial charge in [-0.3, -0.25) is 57.5 Å². The van der Waals surface area contributed by atoms with Crippen LogP contribution in [-0.2, 0) is 114 Å². The van der Waals surface area contributed by atoms with E-state index in [9.17, 15) is 57.5 Å². The predicted octanol–water partition coefficient (Wildman–Crippen LogP) is 14.9. The second-order valence-corrected chi connectivity index (χ2v) is 35.2. The molecule has 0 spiro atoms. The molecule has 6 unspecified atom stereocenters. The van der Waals surface area contributed by atoms with Crippen molar-refractivity contribution in [3.8, 4) is 0 Å². The number of hydrogen-bond donors (Lipinski definition) is 0. The standard InChI is InChI=1S/C91H164N4O24S3/c1-13-19-22-25-28-33-68-120-71-77(10)89(105)117-65-59-111-81(97)39-51-93(47-37-49-95(53-41-83(99)110-58-64-116-88(104)76(9)18-6)55-43-85(101)113-61-67-119-91(107)79(12)73-122-70-35-30-27-24-21-15-3)45-32-31-44-92(50-38-80(96)108-56-62-114-86(102)74(7)16-4)46-36-48-94(52-40-82(98)109-57-63-115-87(103)75(8)17-5)54-42-84(100)112-60-66-118-90(106)78(11)72-121-69-34-29-26-23-20-14-2/h74-79H,13-73H2,1-12H3. The van der Waals surface area contributed by atoms with Gasteiger partial charge >= 0.3 is 71.6 Å². The summed E-state index contributed by atoms with van der Waals surface area (Å²) in [6, 6.07) is 0. The van der Waals surface area contributed by atoms with Crippen LogP contribution in [0, 0.1) is 35.5 Å².